The van der Waals surface area contributed by atoms with Gasteiger partial charge in [-0.1, -0.05) is 0 Å². The van der Waals surface area contributed by atoms with E-state index in [1.807, 2.05) is 0 Å². The Morgan fingerprint density at radius 1 is 0.700 bits per heavy atom. The number of benzene rings is 2. The zero-order chi connectivity index (χ0) is 22.2. The third kappa shape index (κ3) is 4.20. The molecule has 0 aliphatic carbocycles. The van der Waals surface area contributed by atoms with Gasteiger partial charge in [0.25, 0.3) is 0 Å². The van der Waals surface area contributed by atoms with Crippen LogP contribution in [0.15, 0.2) is 36.4 Å². The zero-order valence-electron chi connectivity index (χ0n) is 19.8. The number of para-hydroxylation sites is 2. The summed E-state index contributed by atoms with van der Waals surface area (Å²) in [5, 5.41) is 0. The summed E-state index contributed by atoms with van der Waals surface area (Å²) in [7, 11) is 0. The van der Waals surface area contributed by atoms with Gasteiger partial charge in [0.1, 0.15) is 0 Å². The monoisotopic (exact) mass is 448 g/mol. The first-order valence-corrected chi connectivity index (χ1v) is 11.8. The predicted octanol–water partition coefficient (Wildman–Crippen LogP) is 7.05. The van der Waals surface area contributed by atoms with Gasteiger partial charge in [0.05, 0.1) is 0 Å². The molecular weight excluding hydrogens is 411 g/mol. The molecule has 0 aromatic heterocycles. The van der Waals surface area contributed by atoms with Crippen LogP contribution in [-0.2, 0) is 15.3 Å². The summed E-state index contributed by atoms with van der Waals surface area (Å²) in [6, 6.07) is 13.5. The minimum atomic E-state index is 0.454. The average Bonchev–Trinajstić information content (AvgIpc) is 3.07. The van der Waals surface area contributed by atoms with E-state index in [9.17, 15) is 0 Å². The van der Waals surface area contributed by atoms with Gasteiger partial charge in [-0.3, -0.25) is 0 Å². The standard InChI is InChI=1S/C27H37N2.Co/c1-18(2)22-11-9-12-23(19(3)4)26(22)28-15-16-29(17-28)27-24(20(5)6)13-10-14-25(27)21(7)8;/h9-15,18-21H,16H2,1-8H3;/q+1;. The molecule has 2 nitrogen and oxygen atoms in total. The minimum absolute atomic E-state index is 0.454. The van der Waals surface area contributed by atoms with Crippen LogP contribution < -0.4 is 4.90 Å². The number of hydrogen-bond donors (Lipinski definition) is 0. The van der Waals surface area contributed by atoms with Crippen LogP contribution >= 0.6 is 0 Å². The van der Waals surface area contributed by atoms with Gasteiger partial charge in [-0.05, 0) is 0 Å². The van der Waals surface area contributed by atoms with Crippen LogP contribution in [-0.4, -0.2) is 22.0 Å². The second kappa shape index (κ2) is 9.19. The molecule has 0 bridgehead atoms. The van der Waals surface area contributed by atoms with Crippen molar-refractivity contribution in [1.82, 2.24) is 0 Å². The van der Waals surface area contributed by atoms with Crippen LogP contribution in [0.2, 0.25) is 0 Å². The molecule has 0 saturated heterocycles. The van der Waals surface area contributed by atoms with Crippen molar-refractivity contribution in [2.24, 2.45) is 0 Å². The molecule has 0 fully saturated rings. The normalized spacial score (nSPS) is 14.6. The molecule has 2 aromatic carbocycles. The van der Waals surface area contributed by atoms with Crippen molar-refractivity contribution in [3.8, 4) is 0 Å². The first-order chi connectivity index (χ1) is 14.1. The molecule has 1 aliphatic heterocycles. The predicted molar refractivity (Wildman–Crippen MR) is 128 cm³/mol. The molecule has 0 atom stereocenters. The molecule has 30 heavy (non-hydrogen) atoms. The first kappa shape index (κ1) is 23.0. The summed E-state index contributed by atoms with van der Waals surface area (Å²) >= 11 is 5.17. The van der Waals surface area contributed by atoms with Crippen molar-refractivity contribution < 1.29 is 19.9 Å². The Morgan fingerprint density at radius 3 is 1.50 bits per heavy atom. The van der Waals surface area contributed by atoms with Crippen molar-refractivity contribution >= 4 is 22.3 Å². The van der Waals surface area contributed by atoms with Gasteiger partial charge >= 0.3 is 191 Å². The van der Waals surface area contributed by atoms with E-state index in [1.54, 1.807) is 0 Å². The van der Waals surface area contributed by atoms with Crippen molar-refractivity contribution in [3.05, 3.63) is 58.7 Å². The molecule has 0 saturated carbocycles. The first-order valence-electron chi connectivity index (χ1n) is 11.3. The summed E-state index contributed by atoms with van der Waals surface area (Å²) in [6.07, 6.45) is 2.30. The van der Waals surface area contributed by atoms with Crippen LogP contribution in [0.3, 0.4) is 0 Å². The molecule has 0 radical (unpaired) electrons. The van der Waals surface area contributed by atoms with E-state index in [2.05, 4.69) is 107 Å². The van der Waals surface area contributed by atoms with Gasteiger partial charge in [-0.15, -0.1) is 0 Å². The van der Waals surface area contributed by atoms with Crippen molar-refractivity contribution in [3.63, 3.8) is 0 Å². The number of nitrogens with zero attached hydrogens (tertiary/aromatic N) is 2. The van der Waals surface area contributed by atoms with Gasteiger partial charge in [0.15, 0.2) is 0 Å². The SMILES string of the molecule is CC(C)c1cccc(C(C)C)c1N1CC=[N+](c2c(C(C)C)cccc2C(C)C)[C]1=[Co]. The van der Waals surface area contributed by atoms with E-state index in [1.165, 1.54) is 33.6 Å². The van der Waals surface area contributed by atoms with Crippen LogP contribution in [0.4, 0.5) is 11.4 Å². The topological polar surface area (TPSA) is 6.25 Å². The number of anilines is 1. The molecule has 3 rings (SSSR count). The number of hydrogen-bond acceptors (Lipinski definition) is 1. The Hall–Kier alpha value is -1.71. The van der Waals surface area contributed by atoms with Crippen LogP contribution in [0.1, 0.15) is 101 Å². The Kier molecular flexibility index (Phi) is 7.04. The Morgan fingerprint density at radius 2 is 1.10 bits per heavy atom. The van der Waals surface area contributed by atoms with Crippen LogP contribution in [0, 0.1) is 0 Å². The fraction of sp³-hybridized carbons (Fsp3) is 0.481. The van der Waals surface area contributed by atoms with Gasteiger partial charge in [0, 0.05) is 0 Å². The third-order valence-corrected chi connectivity index (χ3v) is 6.57. The zero-order valence-corrected chi connectivity index (χ0v) is 20.8. The molecular formula is C27H37CoN2+. The van der Waals surface area contributed by atoms with Gasteiger partial charge in [-0.25, -0.2) is 0 Å². The summed E-state index contributed by atoms with van der Waals surface area (Å²) in [4.78, 5) is 2.39. The van der Waals surface area contributed by atoms with Crippen LogP contribution in [0.25, 0.3) is 0 Å². The molecule has 0 amide bonds. The van der Waals surface area contributed by atoms with Crippen LogP contribution in [0.5, 0.6) is 0 Å². The van der Waals surface area contributed by atoms with E-state index in [0.29, 0.717) is 23.7 Å². The molecule has 3 heteroatoms. The van der Waals surface area contributed by atoms with E-state index in [-0.39, 0.29) is 0 Å². The summed E-state index contributed by atoms with van der Waals surface area (Å²) in [6.45, 7) is 19.1. The van der Waals surface area contributed by atoms with E-state index in [0.717, 1.165) is 11.2 Å². The molecule has 0 spiro atoms. The second-order valence-electron chi connectivity index (χ2n) is 9.60. The van der Waals surface area contributed by atoms with Crippen molar-refractivity contribution in [2.45, 2.75) is 79.1 Å². The Labute approximate surface area is 191 Å². The maximum atomic E-state index is 5.17. The fourth-order valence-corrected chi connectivity index (χ4v) is 4.83. The average molecular weight is 449 g/mol. The summed E-state index contributed by atoms with van der Waals surface area (Å²) in [5.41, 5.74) is 8.18. The second-order valence-corrected chi connectivity index (χ2v) is 10.1. The summed E-state index contributed by atoms with van der Waals surface area (Å²) < 4.78 is 3.32. The molecule has 1 aliphatic rings. The molecule has 0 unspecified atom stereocenters. The van der Waals surface area contributed by atoms with E-state index >= 15 is 0 Å². The van der Waals surface area contributed by atoms with Crippen molar-refractivity contribution in [1.29, 1.82) is 0 Å². The quantitative estimate of drug-likeness (QED) is 0.429. The fourth-order valence-electron chi connectivity index (χ4n) is 4.41. The van der Waals surface area contributed by atoms with Gasteiger partial charge < -0.3 is 0 Å². The van der Waals surface area contributed by atoms with Crippen molar-refractivity contribution in [2.75, 3.05) is 11.4 Å². The summed E-state index contributed by atoms with van der Waals surface area (Å²) in [5.74, 6) is 1.83. The van der Waals surface area contributed by atoms with Gasteiger partial charge in [-0.2, -0.15) is 0 Å². The van der Waals surface area contributed by atoms with Gasteiger partial charge in [0.2, 0.25) is 0 Å². The van der Waals surface area contributed by atoms with E-state index < -0.39 is 0 Å². The Balaban J connectivity index is 2.14. The molecule has 0 N–H and O–H groups in total. The maximum absolute atomic E-state index is 5.17. The third-order valence-electron chi connectivity index (χ3n) is 6.04. The Bertz CT molecular complexity index is 914. The number of rotatable bonds is 6. The molecule has 2 aromatic rings. The van der Waals surface area contributed by atoms with E-state index in [4.69, 9.17) is 15.3 Å². The molecule has 1 heterocycles. The molecule has 163 valence electrons.